The van der Waals surface area contributed by atoms with Crippen molar-refractivity contribution in [2.75, 3.05) is 6.54 Å². The van der Waals surface area contributed by atoms with Gasteiger partial charge in [-0.2, -0.15) is 0 Å². The Bertz CT molecular complexity index is 802. The summed E-state index contributed by atoms with van der Waals surface area (Å²) in [4.78, 5) is 2.74. The Balaban J connectivity index is 1.40. The highest BCUT2D eigenvalue weighted by atomic mass is 79.9. The number of benzene rings is 2. The van der Waals surface area contributed by atoms with E-state index in [4.69, 9.17) is 5.73 Å². The van der Waals surface area contributed by atoms with Crippen LogP contribution in [0.25, 0.3) is 0 Å². The number of likely N-dealkylation sites (tertiary alicyclic amines) is 1. The number of halogens is 1. The summed E-state index contributed by atoms with van der Waals surface area (Å²) in [6.45, 7) is 2.93. The second-order valence-corrected chi connectivity index (χ2v) is 8.71. The molecule has 2 aromatic rings. The Kier molecular flexibility index (Phi) is 3.41. The number of fused-ring (bicyclic) bond motifs is 1. The normalized spacial score (nSPS) is 30.6. The first-order valence-electron chi connectivity index (χ1n) is 8.98. The van der Waals surface area contributed by atoms with Crippen molar-refractivity contribution in [1.82, 2.24) is 4.90 Å². The minimum Gasteiger partial charge on any atom is -0.326 e. The van der Waals surface area contributed by atoms with Crippen molar-refractivity contribution >= 4 is 15.9 Å². The first-order chi connectivity index (χ1) is 11.7. The Morgan fingerprint density at radius 2 is 2.00 bits per heavy atom. The summed E-state index contributed by atoms with van der Waals surface area (Å²) >= 11 is 3.67. The fraction of sp³-hybridized carbons (Fsp3) is 0.429. The van der Waals surface area contributed by atoms with E-state index in [1.54, 1.807) is 11.1 Å². The van der Waals surface area contributed by atoms with Gasteiger partial charge in [0.05, 0.1) is 0 Å². The van der Waals surface area contributed by atoms with Crippen molar-refractivity contribution in [2.24, 2.45) is 17.1 Å². The van der Waals surface area contributed by atoms with Gasteiger partial charge in [-0.1, -0.05) is 52.3 Å². The summed E-state index contributed by atoms with van der Waals surface area (Å²) in [6.07, 6.45) is 3.97. The van der Waals surface area contributed by atoms with Crippen molar-refractivity contribution in [3.8, 4) is 0 Å². The van der Waals surface area contributed by atoms with Gasteiger partial charge in [-0.05, 0) is 58.9 Å². The van der Waals surface area contributed by atoms with Crippen molar-refractivity contribution in [2.45, 2.75) is 38.4 Å². The van der Waals surface area contributed by atoms with Crippen molar-refractivity contribution in [1.29, 1.82) is 0 Å². The molecule has 5 rings (SSSR count). The first kappa shape index (κ1) is 15.1. The van der Waals surface area contributed by atoms with Crippen molar-refractivity contribution in [3.63, 3.8) is 0 Å². The lowest BCUT2D eigenvalue weighted by Crippen LogP contribution is -2.41. The molecule has 0 radical (unpaired) electrons. The smallest absolute Gasteiger partial charge is 0.0237 e. The average Bonchev–Trinajstić information content (AvgIpc) is 3.17. The van der Waals surface area contributed by atoms with Gasteiger partial charge in [0.25, 0.3) is 0 Å². The van der Waals surface area contributed by atoms with Crippen LogP contribution in [0.2, 0.25) is 0 Å². The van der Waals surface area contributed by atoms with Gasteiger partial charge in [-0.15, -0.1) is 0 Å². The molecular weight excluding hydrogens is 360 g/mol. The molecule has 3 atom stereocenters. The summed E-state index contributed by atoms with van der Waals surface area (Å²) < 4.78 is 1.15. The Labute approximate surface area is 152 Å². The third-order valence-corrected chi connectivity index (χ3v) is 7.35. The van der Waals surface area contributed by atoms with Crippen molar-refractivity contribution in [3.05, 3.63) is 69.2 Å². The van der Waals surface area contributed by atoms with E-state index in [2.05, 4.69) is 63.3 Å². The van der Waals surface area contributed by atoms with Gasteiger partial charge in [-0.3, -0.25) is 4.90 Å². The maximum absolute atomic E-state index is 5.78. The number of rotatable bonds is 3. The minimum atomic E-state index is 0.586. The molecule has 0 bridgehead atoms. The van der Waals surface area contributed by atoms with Gasteiger partial charge in [-0.25, -0.2) is 0 Å². The maximum atomic E-state index is 5.78. The third kappa shape index (κ3) is 2.22. The molecule has 2 aromatic carbocycles. The van der Waals surface area contributed by atoms with E-state index in [-0.39, 0.29) is 0 Å². The quantitative estimate of drug-likeness (QED) is 0.871. The van der Waals surface area contributed by atoms with Gasteiger partial charge in [0.2, 0.25) is 0 Å². The molecule has 1 saturated heterocycles. The van der Waals surface area contributed by atoms with Crippen LogP contribution in [0.1, 0.15) is 28.7 Å². The summed E-state index contributed by atoms with van der Waals surface area (Å²) in [5, 5.41) is 0. The summed E-state index contributed by atoms with van der Waals surface area (Å²) in [5.74, 6) is 0.919. The van der Waals surface area contributed by atoms with Crippen molar-refractivity contribution < 1.29 is 0 Å². The molecule has 3 unspecified atom stereocenters. The van der Waals surface area contributed by atoms with Gasteiger partial charge >= 0.3 is 0 Å². The largest absolute Gasteiger partial charge is 0.326 e. The van der Waals surface area contributed by atoms with Crippen LogP contribution in [0.15, 0.2) is 46.9 Å². The molecule has 124 valence electrons. The second kappa shape index (κ2) is 5.42. The summed E-state index contributed by atoms with van der Waals surface area (Å²) in [7, 11) is 0. The first-order valence-corrected chi connectivity index (χ1v) is 9.77. The Morgan fingerprint density at radius 3 is 2.79 bits per heavy atom. The van der Waals surface area contributed by atoms with Crippen LogP contribution in [0.4, 0.5) is 0 Å². The molecule has 2 N–H and O–H groups in total. The van der Waals surface area contributed by atoms with Crippen LogP contribution >= 0.6 is 15.9 Å². The van der Waals surface area contributed by atoms with Crippen LogP contribution < -0.4 is 5.73 Å². The molecule has 2 nitrogen and oxygen atoms in total. The SMILES string of the molecule is NCc1ccc(CN2CC3CC34Cc3ccccc3CC24)cc1Br. The van der Waals surface area contributed by atoms with E-state index in [9.17, 15) is 0 Å². The molecule has 1 saturated carbocycles. The molecule has 3 aliphatic rings. The van der Waals surface area contributed by atoms with Crippen LogP contribution in [0.5, 0.6) is 0 Å². The second-order valence-electron chi connectivity index (χ2n) is 7.86. The topological polar surface area (TPSA) is 29.3 Å². The van der Waals surface area contributed by atoms with Gasteiger partial charge < -0.3 is 5.73 Å². The van der Waals surface area contributed by atoms with Crippen LogP contribution in [-0.2, 0) is 25.9 Å². The van der Waals surface area contributed by atoms with Gasteiger partial charge in [0.1, 0.15) is 0 Å². The highest BCUT2D eigenvalue weighted by Gasteiger charge is 2.66. The number of nitrogens with zero attached hydrogens (tertiary/aromatic N) is 1. The van der Waals surface area contributed by atoms with Crippen LogP contribution in [0, 0.1) is 11.3 Å². The molecular formula is C21H23BrN2. The lowest BCUT2D eigenvalue weighted by Gasteiger charge is -2.37. The monoisotopic (exact) mass is 382 g/mol. The van der Waals surface area contributed by atoms with Gasteiger partial charge in [0.15, 0.2) is 0 Å². The Morgan fingerprint density at radius 1 is 1.17 bits per heavy atom. The molecule has 3 heteroatoms. The van der Waals surface area contributed by atoms with E-state index < -0.39 is 0 Å². The lowest BCUT2D eigenvalue weighted by atomic mass is 9.77. The average molecular weight is 383 g/mol. The molecule has 2 fully saturated rings. The molecule has 0 amide bonds. The van der Waals surface area contributed by atoms with E-state index in [0.717, 1.165) is 23.0 Å². The lowest BCUT2D eigenvalue weighted by molar-refractivity contribution is 0.165. The predicted octanol–water partition coefficient (Wildman–Crippen LogP) is 3.90. The predicted molar refractivity (Wildman–Crippen MR) is 101 cm³/mol. The number of hydrogen-bond donors (Lipinski definition) is 1. The number of nitrogens with two attached hydrogens (primary N) is 1. The highest BCUT2D eigenvalue weighted by Crippen LogP contribution is 2.65. The zero-order valence-electron chi connectivity index (χ0n) is 13.8. The van der Waals surface area contributed by atoms with E-state index in [0.29, 0.717) is 12.0 Å². The van der Waals surface area contributed by atoms with Crippen LogP contribution in [-0.4, -0.2) is 17.5 Å². The zero-order valence-corrected chi connectivity index (χ0v) is 15.4. The standard InChI is InChI=1S/C21H23BrN2/c22-19-7-14(5-6-17(19)11-23)12-24-13-18-10-21(18)9-16-4-2-1-3-15(16)8-20(21)24/h1-7,18,20H,8-13,23H2. The summed E-state index contributed by atoms with van der Waals surface area (Å²) in [6, 6.07) is 16.5. The van der Waals surface area contributed by atoms with E-state index in [1.165, 1.54) is 36.9 Å². The van der Waals surface area contributed by atoms with Gasteiger partial charge in [0, 0.05) is 30.1 Å². The van der Waals surface area contributed by atoms with E-state index >= 15 is 0 Å². The summed E-state index contributed by atoms with van der Waals surface area (Å²) in [5.41, 5.74) is 12.1. The fourth-order valence-electron chi connectivity index (χ4n) is 5.25. The molecule has 1 heterocycles. The molecule has 1 spiro atoms. The zero-order chi connectivity index (χ0) is 16.3. The highest BCUT2D eigenvalue weighted by molar-refractivity contribution is 9.10. The number of piperidine rings is 1. The fourth-order valence-corrected chi connectivity index (χ4v) is 5.84. The molecule has 1 aliphatic heterocycles. The third-order valence-electron chi connectivity index (χ3n) is 6.61. The molecule has 0 aromatic heterocycles. The Hall–Kier alpha value is -1.16. The molecule has 2 aliphatic carbocycles. The van der Waals surface area contributed by atoms with E-state index in [1.807, 2.05) is 0 Å². The van der Waals surface area contributed by atoms with Crippen LogP contribution in [0.3, 0.4) is 0 Å². The molecule has 24 heavy (non-hydrogen) atoms. The maximum Gasteiger partial charge on any atom is 0.0237 e. The minimum absolute atomic E-state index is 0.586. The number of hydrogen-bond acceptors (Lipinski definition) is 2.